The van der Waals surface area contributed by atoms with E-state index in [-0.39, 0.29) is 27.9 Å². The molecule has 0 unspecified atom stereocenters. The molecule has 186 valence electrons. The van der Waals surface area contributed by atoms with E-state index in [4.69, 9.17) is 14.2 Å². The number of carbonyl (C=O) groups is 4. The van der Waals surface area contributed by atoms with Gasteiger partial charge in [0, 0.05) is 6.20 Å². The number of carbonyl (C=O) groups excluding carboxylic acids is 4. The number of benzene rings is 2. The fourth-order valence-corrected chi connectivity index (χ4v) is 4.31. The van der Waals surface area contributed by atoms with Crippen LogP contribution in [0.3, 0.4) is 0 Å². The molecule has 0 saturated carbocycles. The number of pyridine rings is 1. The van der Waals surface area contributed by atoms with Crippen LogP contribution in [0.5, 0.6) is 5.75 Å². The molecule has 1 aliphatic rings. The van der Waals surface area contributed by atoms with Crippen LogP contribution in [0.1, 0.15) is 47.1 Å². The van der Waals surface area contributed by atoms with E-state index in [0.29, 0.717) is 28.2 Å². The number of rotatable bonds is 5. The van der Waals surface area contributed by atoms with E-state index >= 15 is 0 Å². The van der Waals surface area contributed by atoms with Crippen LogP contribution in [-0.2, 0) is 9.47 Å². The molecule has 37 heavy (non-hydrogen) atoms. The molecule has 0 fully saturated rings. The molecule has 5 rings (SSSR count). The van der Waals surface area contributed by atoms with Gasteiger partial charge in [-0.1, -0.05) is 0 Å². The Hall–Kier alpha value is -5.06. The predicted molar refractivity (Wildman–Crippen MR) is 130 cm³/mol. The molecule has 3 heterocycles. The number of fused-ring (bicyclic) bond motifs is 3. The Balaban J connectivity index is 1.65. The van der Waals surface area contributed by atoms with Gasteiger partial charge in [0.25, 0.3) is 11.8 Å². The van der Waals surface area contributed by atoms with Crippen molar-refractivity contribution in [2.75, 3.05) is 26.2 Å². The topological polar surface area (TPSA) is 130 Å². The van der Waals surface area contributed by atoms with E-state index in [2.05, 4.69) is 10.1 Å². The van der Waals surface area contributed by atoms with Gasteiger partial charge in [0.15, 0.2) is 5.65 Å². The Morgan fingerprint density at radius 3 is 2.03 bits per heavy atom. The van der Waals surface area contributed by atoms with E-state index < -0.39 is 23.8 Å². The van der Waals surface area contributed by atoms with Crippen LogP contribution in [0.4, 0.5) is 5.69 Å². The molecule has 0 atom stereocenters. The Kier molecular flexibility index (Phi) is 5.67. The van der Waals surface area contributed by atoms with Gasteiger partial charge in [-0.15, -0.1) is 0 Å². The van der Waals surface area contributed by atoms with E-state index in [1.54, 1.807) is 43.0 Å². The number of esters is 2. The summed E-state index contributed by atoms with van der Waals surface area (Å²) in [6.45, 7) is 1.72. The number of ether oxygens (including phenoxy) is 3. The molecule has 0 spiro atoms. The van der Waals surface area contributed by atoms with Crippen molar-refractivity contribution in [3.63, 3.8) is 0 Å². The highest BCUT2D eigenvalue weighted by Crippen LogP contribution is 2.35. The zero-order valence-electron chi connectivity index (χ0n) is 20.3. The summed E-state index contributed by atoms with van der Waals surface area (Å²) in [7, 11) is 3.93. The van der Waals surface area contributed by atoms with Gasteiger partial charge in [-0.05, 0) is 49.4 Å². The zero-order chi connectivity index (χ0) is 26.4. The van der Waals surface area contributed by atoms with E-state index in [1.165, 1.54) is 38.6 Å². The van der Waals surface area contributed by atoms with Crippen molar-refractivity contribution in [3.8, 4) is 11.4 Å². The number of aromatic nitrogens is 3. The van der Waals surface area contributed by atoms with E-state index in [0.717, 1.165) is 4.90 Å². The molecule has 4 aromatic rings. The second-order valence-corrected chi connectivity index (χ2v) is 8.14. The molecule has 2 aromatic carbocycles. The second-order valence-electron chi connectivity index (χ2n) is 8.14. The summed E-state index contributed by atoms with van der Waals surface area (Å²) in [6.07, 6.45) is 1.32. The molecular formula is C26H20N4O7. The quantitative estimate of drug-likeness (QED) is 0.300. The van der Waals surface area contributed by atoms with Gasteiger partial charge < -0.3 is 14.2 Å². The lowest BCUT2D eigenvalue weighted by molar-refractivity contribution is 0.0597. The molecule has 2 aromatic heterocycles. The summed E-state index contributed by atoms with van der Waals surface area (Å²) in [4.78, 5) is 56.9. The molecular weight excluding hydrogens is 480 g/mol. The fourth-order valence-electron chi connectivity index (χ4n) is 4.31. The minimum Gasteiger partial charge on any atom is -0.497 e. The number of imide groups is 1. The lowest BCUT2D eigenvalue weighted by Gasteiger charge is -2.16. The first-order chi connectivity index (χ1) is 17.8. The first-order valence-electron chi connectivity index (χ1n) is 11.0. The third kappa shape index (κ3) is 3.68. The second kappa shape index (κ2) is 8.86. The molecule has 0 aliphatic carbocycles. The predicted octanol–water partition coefficient (Wildman–Crippen LogP) is 3.11. The van der Waals surface area contributed by atoms with Crippen molar-refractivity contribution >= 4 is 40.5 Å². The number of aryl methyl sites for hydroxylation is 1. The minimum atomic E-state index is -0.746. The number of hydrogen-bond donors (Lipinski definition) is 0. The maximum absolute atomic E-state index is 13.7. The monoisotopic (exact) mass is 500 g/mol. The Labute approximate surface area is 210 Å². The van der Waals surface area contributed by atoms with Crippen molar-refractivity contribution in [2.24, 2.45) is 0 Å². The summed E-state index contributed by atoms with van der Waals surface area (Å²) < 4.78 is 16.3. The fraction of sp³-hybridized carbons (Fsp3) is 0.154. The lowest BCUT2D eigenvalue weighted by atomic mass is 10.1. The van der Waals surface area contributed by atoms with Crippen molar-refractivity contribution in [3.05, 3.63) is 76.6 Å². The van der Waals surface area contributed by atoms with Crippen LogP contribution in [0, 0.1) is 6.92 Å². The van der Waals surface area contributed by atoms with Crippen LogP contribution in [0.2, 0.25) is 0 Å². The third-order valence-electron chi connectivity index (χ3n) is 6.06. The van der Waals surface area contributed by atoms with Crippen molar-refractivity contribution in [1.82, 2.24) is 14.8 Å². The molecule has 0 saturated heterocycles. The molecule has 2 amide bonds. The highest BCUT2D eigenvalue weighted by Gasteiger charge is 2.40. The molecule has 0 N–H and O–H groups in total. The number of amides is 2. The SMILES string of the molecule is COC(=O)c1cc(C(=O)OC)cc(N2C(=O)c3cnc4c(c(C)nn4-c4ccc(OC)cc4)c3C2=O)c1. The Bertz CT molecular complexity index is 1590. The van der Waals surface area contributed by atoms with Crippen molar-refractivity contribution < 1.29 is 33.4 Å². The molecule has 1 aliphatic heterocycles. The van der Waals surface area contributed by atoms with E-state index in [1.807, 2.05) is 0 Å². The van der Waals surface area contributed by atoms with Crippen LogP contribution in [0.15, 0.2) is 48.7 Å². The van der Waals surface area contributed by atoms with Gasteiger partial charge in [-0.25, -0.2) is 24.2 Å². The normalized spacial score (nSPS) is 12.6. The van der Waals surface area contributed by atoms with Crippen LogP contribution in [-0.4, -0.2) is 59.8 Å². The van der Waals surface area contributed by atoms with Crippen LogP contribution >= 0.6 is 0 Å². The largest absolute Gasteiger partial charge is 0.497 e. The summed E-state index contributed by atoms with van der Waals surface area (Å²) in [5, 5.41) is 4.98. The first-order valence-corrected chi connectivity index (χ1v) is 11.0. The highest BCUT2D eigenvalue weighted by atomic mass is 16.5. The lowest BCUT2D eigenvalue weighted by Crippen LogP contribution is -2.30. The average molecular weight is 500 g/mol. The standard InChI is InChI=1S/C26H20N4O7/c1-13-20-21-19(12-27-22(20)30(28-13)16-5-7-18(35-2)8-6-16)23(31)29(24(21)32)17-10-14(25(33)36-3)9-15(11-17)26(34)37-4/h5-12H,1-4H3. The average Bonchev–Trinajstić information content (AvgIpc) is 3.40. The smallest absolute Gasteiger partial charge is 0.337 e. The minimum absolute atomic E-state index is 0.0165. The summed E-state index contributed by atoms with van der Waals surface area (Å²) in [6, 6.07) is 11.0. The Morgan fingerprint density at radius 1 is 0.838 bits per heavy atom. The number of nitrogens with zero attached hydrogens (tertiary/aromatic N) is 4. The number of hydrogen-bond acceptors (Lipinski definition) is 9. The molecule has 0 bridgehead atoms. The van der Waals surface area contributed by atoms with Crippen LogP contribution in [0.25, 0.3) is 16.7 Å². The maximum Gasteiger partial charge on any atom is 0.337 e. The number of methoxy groups -OCH3 is 3. The molecule has 11 heteroatoms. The van der Waals surface area contributed by atoms with Gasteiger partial charge >= 0.3 is 11.9 Å². The van der Waals surface area contributed by atoms with E-state index in [9.17, 15) is 19.2 Å². The van der Waals surface area contributed by atoms with Crippen molar-refractivity contribution in [1.29, 1.82) is 0 Å². The molecule has 0 radical (unpaired) electrons. The first kappa shape index (κ1) is 23.7. The van der Waals surface area contributed by atoms with Crippen LogP contribution < -0.4 is 9.64 Å². The van der Waals surface area contributed by atoms with Crippen molar-refractivity contribution in [2.45, 2.75) is 6.92 Å². The van der Waals surface area contributed by atoms with Gasteiger partial charge in [0.05, 0.1) is 66.0 Å². The third-order valence-corrected chi connectivity index (χ3v) is 6.06. The number of anilines is 1. The zero-order valence-corrected chi connectivity index (χ0v) is 20.3. The van der Waals surface area contributed by atoms with Gasteiger partial charge in [-0.2, -0.15) is 5.10 Å². The van der Waals surface area contributed by atoms with Gasteiger partial charge in [-0.3, -0.25) is 9.59 Å². The van der Waals surface area contributed by atoms with Gasteiger partial charge in [0.2, 0.25) is 0 Å². The Morgan fingerprint density at radius 2 is 1.46 bits per heavy atom. The maximum atomic E-state index is 13.7. The van der Waals surface area contributed by atoms with Gasteiger partial charge in [0.1, 0.15) is 5.75 Å². The summed E-state index contributed by atoms with van der Waals surface area (Å²) in [5.74, 6) is -2.11. The highest BCUT2D eigenvalue weighted by molar-refractivity contribution is 6.37. The summed E-state index contributed by atoms with van der Waals surface area (Å²) in [5.41, 5.74) is 1.76. The summed E-state index contributed by atoms with van der Waals surface area (Å²) >= 11 is 0. The molecule has 11 nitrogen and oxygen atoms in total.